The quantitative estimate of drug-likeness (QED) is 0.841. The van der Waals surface area contributed by atoms with Gasteiger partial charge in [0.25, 0.3) is 0 Å². The second-order valence-corrected chi connectivity index (χ2v) is 7.33. The van der Waals surface area contributed by atoms with Crippen molar-refractivity contribution in [2.45, 2.75) is 32.1 Å². The Balaban J connectivity index is 2.70. The summed E-state index contributed by atoms with van der Waals surface area (Å²) < 4.78 is 20.1. The fourth-order valence-electron chi connectivity index (χ4n) is 1.81. The van der Waals surface area contributed by atoms with E-state index in [2.05, 4.69) is 19.2 Å². The van der Waals surface area contributed by atoms with Gasteiger partial charge in [-0.15, -0.1) is 0 Å². The molecule has 1 aromatic rings. The molecule has 2 N–H and O–H groups in total. The van der Waals surface area contributed by atoms with Gasteiger partial charge in [-0.2, -0.15) is 0 Å². The number of benzene rings is 1. The van der Waals surface area contributed by atoms with Crippen LogP contribution in [0.4, 0.5) is 0 Å². The van der Waals surface area contributed by atoms with Gasteiger partial charge in [-0.25, -0.2) is 8.99 Å². The lowest BCUT2D eigenvalue weighted by molar-refractivity contribution is -0.118. The maximum absolute atomic E-state index is 12.2. The van der Waals surface area contributed by atoms with Gasteiger partial charge < -0.3 is 5.32 Å². The maximum Gasteiger partial charge on any atom is 0.216 e. The van der Waals surface area contributed by atoms with Gasteiger partial charge in [0, 0.05) is 18.4 Å². The van der Waals surface area contributed by atoms with E-state index in [1.165, 1.54) is 12.5 Å². The zero-order chi connectivity index (χ0) is 14.5. The molecule has 0 saturated heterocycles. The van der Waals surface area contributed by atoms with Crippen LogP contribution < -0.4 is 5.32 Å². The summed E-state index contributed by atoms with van der Waals surface area (Å²) in [5.74, 6) is 0.560. The predicted molar refractivity (Wildman–Crippen MR) is 77.7 cm³/mol. The van der Waals surface area contributed by atoms with Gasteiger partial charge in [0.2, 0.25) is 5.91 Å². The van der Waals surface area contributed by atoms with E-state index in [1.807, 2.05) is 12.1 Å². The molecule has 1 aromatic carbocycles. The highest BCUT2D eigenvalue weighted by Crippen LogP contribution is 2.15. The molecule has 0 aromatic heterocycles. The molecule has 0 aliphatic carbocycles. The van der Waals surface area contributed by atoms with Crippen LogP contribution in [-0.4, -0.2) is 22.4 Å². The van der Waals surface area contributed by atoms with Crippen LogP contribution in [0, 0.1) is 10.7 Å². The minimum atomic E-state index is -2.82. The number of amides is 1. The summed E-state index contributed by atoms with van der Waals surface area (Å²) in [7, 11) is -2.82. The Hall–Kier alpha value is -1.36. The van der Waals surface area contributed by atoms with E-state index in [-0.39, 0.29) is 18.2 Å². The monoisotopic (exact) mass is 282 g/mol. The highest BCUT2D eigenvalue weighted by molar-refractivity contribution is 7.92. The Morgan fingerprint density at radius 1 is 1.32 bits per heavy atom. The third kappa shape index (κ3) is 5.42. The third-order valence-corrected chi connectivity index (χ3v) is 4.52. The summed E-state index contributed by atoms with van der Waals surface area (Å²) in [6.45, 7) is 5.97. The summed E-state index contributed by atoms with van der Waals surface area (Å²) >= 11 is 0. The SMILES string of the molecule is CC(=O)NCCS(=N)(=O)c1ccc(CC(C)C)cc1. The van der Waals surface area contributed by atoms with Crippen LogP contribution in [0.15, 0.2) is 29.2 Å². The highest BCUT2D eigenvalue weighted by Gasteiger charge is 2.10. The minimum Gasteiger partial charge on any atom is -0.355 e. The van der Waals surface area contributed by atoms with Gasteiger partial charge in [-0.1, -0.05) is 26.0 Å². The largest absolute Gasteiger partial charge is 0.355 e. The number of rotatable bonds is 6. The number of hydrogen-bond donors (Lipinski definition) is 2. The molecule has 0 spiro atoms. The second kappa shape index (κ2) is 6.70. The van der Waals surface area contributed by atoms with Crippen LogP contribution in [0.5, 0.6) is 0 Å². The normalized spacial score (nSPS) is 14.1. The number of hydrogen-bond acceptors (Lipinski definition) is 3. The maximum atomic E-state index is 12.2. The average Bonchev–Trinajstić information content (AvgIpc) is 2.28. The Morgan fingerprint density at radius 2 is 1.89 bits per heavy atom. The Morgan fingerprint density at radius 3 is 2.37 bits per heavy atom. The predicted octanol–water partition coefficient (Wildman–Crippen LogP) is 2.43. The Kier molecular flexibility index (Phi) is 5.54. The molecule has 1 rings (SSSR count). The summed E-state index contributed by atoms with van der Waals surface area (Å²) in [4.78, 5) is 11.3. The van der Waals surface area contributed by atoms with Crippen LogP contribution >= 0.6 is 0 Å². The van der Waals surface area contributed by atoms with Crippen LogP contribution in [0.3, 0.4) is 0 Å². The molecule has 5 heteroatoms. The fraction of sp³-hybridized carbons (Fsp3) is 0.500. The first-order chi connectivity index (χ1) is 8.81. The zero-order valence-corrected chi connectivity index (χ0v) is 12.5. The van der Waals surface area contributed by atoms with E-state index in [9.17, 15) is 9.00 Å². The molecule has 0 fully saturated rings. The Labute approximate surface area is 115 Å². The van der Waals surface area contributed by atoms with Gasteiger partial charge >= 0.3 is 0 Å². The van der Waals surface area contributed by atoms with Crippen molar-refractivity contribution < 1.29 is 9.00 Å². The van der Waals surface area contributed by atoms with Gasteiger partial charge in [-0.05, 0) is 30.0 Å². The van der Waals surface area contributed by atoms with Crippen molar-refractivity contribution >= 4 is 15.6 Å². The summed E-state index contributed by atoms with van der Waals surface area (Å²) in [5, 5.41) is 2.57. The number of nitrogens with one attached hydrogen (secondary N) is 2. The van der Waals surface area contributed by atoms with Gasteiger partial charge in [0.15, 0.2) is 0 Å². The molecule has 0 heterocycles. The van der Waals surface area contributed by atoms with Crippen LogP contribution in [-0.2, 0) is 20.9 Å². The molecule has 1 atom stereocenters. The molecule has 0 bridgehead atoms. The topological polar surface area (TPSA) is 70.0 Å². The van der Waals surface area contributed by atoms with E-state index in [0.29, 0.717) is 10.8 Å². The van der Waals surface area contributed by atoms with Gasteiger partial charge in [-0.3, -0.25) is 4.79 Å². The van der Waals surface area contributed by atoms with E-state index < -0.39 is 9.73 Å². The zero-order valence-electron chi connectivity index (χ0n) is 11.7. The molecule has 0 aliphatic heterocycles. The fourth-order valence-corrected chi connectivity index (χ4v) is 3.01. The van der Waals surface area contributed by atoms with Crippen molar-refractivity contribution in [2.75, 3.05) is 12.3 Å². The van der Waals surface area contributed by atoms with Crippen molar-refractivity contribution in [3.8, 4) is 0 Å². The molecule has 106 valence electrons. The van der Waals surface area contributed by atoms with E-state index in [1.54, 1.807) is 12.1 Å². The molecule has 0 saturated carbocycles. The third-order valence-electron chi connectivity index (χ3n) is 2.71. The number of carbonyl (C=O) groups excluding carboxylic acids is 1. The first kappa shape index (κ1) is 15.7. The van der Waals surface area contributed by atoms with Crippen molar-refractivity contribution in [3.63, 3.8) is 0 Å². The molecule has 0 radical (unpaired) electrons. The standard InChI is InChI=1S/C14H22N2O2S/c1-11(2)10-13-4-6-14(7-5-13)19(15,18)9-8-16-12(3)17/h4-7,11,15H,8-10H2,1-3H3,(H,16,17). The lowest BCUT2D eigenvalue weighted by Crippen LogP contribution is -2.26. The van der Waals surface area contributed by atoms with Crippen LogP contribution in [0.1, 0.15) is 26.3 Å². The average molecular weight is 282 g/mol. The van der Waals surface area contributed by atoms with Crippen molar-refractivity contribution in [2.24, 2.45) is 5.92 Å². The van der Waals surface area contributed by atoms with Crippen molar-refractivity contribution in [1.82, 2.24) is 5.32 Å². The first-order valence-electron chi connectivity index (χ1n) is 6.41. The lowest BCUT2D eigenvalue weighted by Gasteiger charge is -2.10. The molecular weight excluding hydrogens is 260 g/mol. The van der Waals surface area contributed by atoms with Gasteiger partial charge in [0.1, 0.15) is 0 Å². The first-order valence-corrected chi connectivity index (χ1v) is 8.14. The van der Waals surface area contributed by atoms with Crippen molar-refractivity contribution in [3.05, 3.63) is 29.8 Å². The Bertz CT molecular complexity index is 519. The molecular formula is C14H22N2O2S. The highest BCUT2D eigenvalue weighted by atomic mass is 32.2. The van der Waals surface area contributed by atoms with Crippen LogP contribution in [0.2, 0.25) is 0 Å². The van der Waals surface area contributed by atoms with E-state index in [4.69, 9.17) is 4.78 Å². The van der Waals surface area contributed by atoms with E-state index in [0.717, 1.165) is 6.42 Å². The molecule has 0 aliphatic rings. The van der Waals surface area contributed by atoms with Gasteiger partial charge in [0.05, 0.1) is 15.5 Å². The van der Waals surface area contributed by atoms with E-state index >= 15 is 0 Å². The summed E-state index contributed by atoms with van der Waals surface area (Å²) in [5.41, 5.74) is 1.19. The molecule has 4 nitrogen and oxygen atoms in total. The lowest BCUT2D eigenvalue weighted by atomic mass is 10.0. The molecule has 19 heavy (non-hydrogen) atoms. The molecule has 1 unspecified atom stereocenters. The van der Waals surface area contributed by atoms with Crippen molar-refractivity contribution in [1.29, 1.82) is 4.78 Å². The second-order valence-electron chi connectivity index (χ2n) is 5.10. The smallest absolute Gasteiger partial charge is 0.216 e. The van der Waals surface area contributed by atoms with Crippen LogP contribution in [0.25, 0.3) is 0 Å². The molecule has 1 amide bonds. The minimum absolute atomic E-state index is 0.149. The summed E-state index contributed by atoms with van der Waals surface area (Å²) in [6, 6.07) is 7.39. The number of carbonyl (C=O) groups is 1. The summed E-state index contributed by atoms with van der Waals surface area (Å²) in [6.07, 6.45) is 0.978.